The van der Waals surface area contributed by atoms with Crippen LogP contribution in [-0.4, -0.2) is 11.1 Å². The number of para-hydroxylation sites is 1. The molecule has 0 fully saturated rings. The minimum Gasteiger partial charge on any atom is -0.481 e. The van der Waals surface area contributed by atoms with Crippen molar-refractivity contribution >= 4 is 5.97 Å². The van der Waals surface area contributed by atoms with Gasteiger partial charge in [-0.2, -0.15) is 0 Å². The van der Waals surface area contributed by atoms with Gasteiger partial charge in [0.15, 0.2) is 0 Å². The van der Waals surface area contributed by atoms with Crippen molar-refractivity contribution in [1.82, 2.24) is 0 Å². The van der Waals surface area contributed by atoms with E-state index in [9.17, 15) is 4.79 Å². The summed E-state index contributed by atoms with van der Waals surface area (Å²) in [6.45, 7) is 0. The highest BCUT2D eigenvalue weighted by molar-refractivity contribution is 5.66. The first-order valence-corrected chi connectivity index (χ1v) is 7.28. The van der Waals surface area contributed by atoms with Gasteiger partial charge in [0.2, 0.25) is 0 Å². The van der Waals surface area contributed by atoms with Gasteiger partial charge in [0, 0.05) is 6.42 Å². The van der Waals surface area contributed by atoms with Crippen molar-refractivity contribution in [3.63, 3.8) is 0 Å². The fourth-order valence-electron chi connectivity index (χ4n) is 2.13. The zero-order valence-corrected chi connectivity index (χ0v) is 12.0. The van der Waals surface area contributed by atoms with Crippen LogP contribution < -0.4 is 4.74 Å². The molecule has 0 unspecified atom stereocenters. The fraction of sp³-hybridized carbons (Fsp3) is 0.278. The molecule has 0 radical (unpaired) electrons. The molecule has 0 spiro atoms. The van der Waals surface area contributed by atoms with E-state index in [0.29, 0.717) is 0 Å². The summed E-state index contributed by atoms with van der Waals surface area (Å²) < 4.78 is 5.74. The summed E-state index contributed by atoms with van der Waals surface area (Å²) in [6.07, 6.45) is 3.97. The lowest BCUT2D eigenvalue weighted by molar-refractivity contribution is -0.137. The van der Waals surface area contributed by atoms with Crippen LogP contribution in [-0.2, 0) is 11.2 Å². The molecule has 0 aliphatic rings. The van der Waals surface area contributed by atoms with Crippen LogP contribution >= 0.6 is 0 Å². The molecule has 3 heteroatoms. The third kappa shape index (κ3) is 5.69. The molecule has 21 heavy (non-hydrogen) atoms. The van der Waals surface area contributed by atoms with Crippen LogP contribution in [0.1, 0.15) is 31.2 Å². The first kappa shape index (κ1) is 15.1. The number of aliphatic carboxylic acids is 1. The topological polar surface area (TPSA) is 46.5 Å². The van der Waals surface area contributed by atoms with Crippen LogP contribution in [0.3, 0.4) is 0 Å². The lowest BCUT2D eigenvalue weighted by Crippen LogP contribution is -1.94. The average molecular weight is 284 g/mol. The van der Waals surface area contributed by atoms with E-state index < -0.39 is 5.97 Å². The molecule has 0 atom stereocenters. The number of carboxylic acids is 1. The SMILES string of the molecule is O=C(O)CCCCCc1ccc(Oc2ccccc2)cc1. The number of benzene rings is 2. The Morgan fingerprint density at radius 2 is 1.52 bits per heavy atom. The van der Waals surface area contributed by atoms with Crippen LogP contribution in [0.2, 0.25) is 0 Å². The summed E-state index contributed by atoms with van der Waals surface area (Å²) in [4.78, 5) is 10.4. The lowest BCUT2D eigenvalue weighted by Gasteiger charge is -2.06. The fourth-order valence-corrected chi connectivity index (χ4v) is 2.13. The Bertz CT molecular complexity index is 546. The van der Waals surface area contributed by atoms with Crippen LogP contribution in [0.4, 0.5) is 0 Å². The molecule has 3 nitrogen and oxygen atoms in total. The second-order valence-corrected chi connectivity index (χ2v) is 5.01. The summed E-state index contributed by atoms with van der Waals surface area (Å²) in [5, 5.41) is 8.57. The van der Waals surface area contributed by atoms with Crippen molar-refractivity contribution in [2.75, 3.05) is 0 Å². The largest absolute Gasteiger partial charge is 0.481 e. The van der Waals surface area contributed by atoms with Crippen molar-refractivity contribution in [1.29, 1.82) is 0 Å². The number of carbonyl (C=O) groups is 1. The standard InChI is InChI=1S/C18H20O3/c19-18(20)10-6-1-3-7-15-11-13-17(14-12-15)21-16-8-4-2-5-9-16/h2,4-5,8-9,11-14H,1,3,6-7,10H2,(H,19,20). The smallest absolute Gasteiger partial charge is 0.303 e. The molecule has 0 aromatic heterocycles. The van der Waals surface area contributed by atoms with Crippen molar-refractivity contribution in [2.24, 2.45) is 0 Å². The van der Waals surface area contributed by atoms with E-state index in [4.69, 9.17) is 9.84 Å². The maximum Gasteiger partial charge on any atom is 0.303 e. The molecule has 0 bridgehead atoms. The van der Waals surface area contributed by atoms with E-state index in [1.54, 1.807) is 0 Å². The average Bonchev–Trinajstić information content (AvgIpc) is 2.49. The van der Waals surface area contributed by atoms with E-state index >= 15 is 0 Å². The Morgan fingerprint density at radius 3 is 2.19 bits per heavy atom. The van der Waals surface area contributed by atoms with E-state index in [0.717, 1.165) is 37.2 Å². The van der Waals surface area contributed by atoms with E-state index in [2.05, 4.69) is 12.1 Å². The Balaban J connectivity index is 1.75. The predicted octanol–water partition coefficient (Wildman–Crippen LogP) is 4.67. The second-order valence-electron chi connectivity index (χ2n) is 5.01. The Hall–Kier alpha value is -2.29. The molecular formula is C18H20O3. The van der Waals surface area contributed by atoms with Crippen molar-refractivity contribution in [3.05, 3.63) is 60.2 Å². The van der Waals surface area contributed by atoms with Gasteiger partial charge < -0.3 is 9.84 Å². The van der Waals surface area contributed by atoms with Gasteiger partial charge in [0.25, 0.3) is 0 Å². The molecule has 0 amide bonds. The summed E-state index contributed by atoms with van der Waals surface area (Å²) in [6, 6.07) is 17.8. The monoisotopic (exact) mass is 284 g/mol. The Morgan fingerprint density at radius 1 is 0.857 bits per heavy atom. The number of aryl methyl sites for hydroxylation is 1. The maximum absolute atomic E-state index is 10.4. The molecule has 2 aromatic rings. The molecule has 0 saturated heterocycles. The van der Waals surface area contributed by atoms with Gasteiger partial charge >= 0.3 is 5.97 Å². The molecule has 1 N–H and O–H groups in total. The molecule has 2 rings (SSSR count). The van der Waals surface area contributed by atoms with Crippen LogP contribution in [0.15, 0.2) is 54.6 Å². The highest BCUT2D eigenvalue weighted by Crippen LogP contribution is 2.21. The minimum absolute atomic E-state index is 0.268. The Kier molecular flexibility index (Phi) is 5.83. The number of rotatable bonds is 8. The highest BCUT2D eigenvalue weighted by Gasteiger charge is 1.99. The molecule has 110 valence electrons. The van der Waals surface area contributed by atoms with Gasteiger partial charge in [-0.1, -0.05) is 36.8 Å². The van der Waals surface area contributed by atoms with Crippen molar-refractivity contribution < 1.29 is 14.6 Å². The summed E-state index contributed by atoms with van der Waals surface area (Å²) in [7, 11) is 0. The number of hydrogen-bond donors (Lipinski definition) is 1. The van der Waals surface area contributed by atoms with Gasteiger partial charge in [0.1, 0.15) is 11.5 Å². The second kappa shape index (κ2) is 8.10. The van der Waals surface area contributed by atoms with Gasteiger partial charge in [-0.15, -0.1) is 0 Å². The number of carboxylic acid groups (broad SMARTS) is 1. The molecule has 0 aliphatic carbocycles. The van der Waals surface area contributed by atoms with Crippen LogP contribution in [0.25, 0.3) is 0 Å². The minimum atomic E-state index is -0.711. The third-order valence-electron chi connectivity index (χ3n) is 3.26. The third-order valence-corrected chi connectivity index (χ3v) is 3.26. The van der Waals surface area contributed by atoms with E-state index in [1.807, 2.05) is 42.5 Å². The predicted molar refractivity (Wildman–Crippen MR) is 82.8 cm³/mol. The van der Waals surface area contributed by atoms with Gasteiger partial charge in [-0.25, -0.2) is 0 Å². The summed E-state index contributed by atoms with van der Waals surface area (Å²) in [5.41, 5.74) is 1.26. The van der Waals surface area contributed by atoms with Crippen molar-refractivity contribution in [3.8, 4) is 11.5 Å². The molecule has 2 aromatic carbocycles. The zero-order chi connectivity index (χ0) is 14.9. The van der Waals surface area contributed by atoms with Crippen molar-refractivity contribution in [2.45, 2.75) is 32.1 Å². The zero-order valence-electron chi connectivity index (χ0n) is 12.0. The normalized spacial score (nSPS) is 10.3. The van der Waals surface area contributed by atoms with Gasteiger partial charge in [-0.3, -0.25) is 4.79 Å². The molecular weight excluding hydrogens is 264 g/mol. The quantitative estimate of drug-likeness (QED) is 0.717. The first-order chi connectivity index (χ1) is 10.2. The first-order valence-electron chi connectivity index (χ1n) is 7.28. The van der Waals surface area contributed by atoms with Gasteiger partial charge in [0.05, 0.1) is 0 Å². The number of hydrogen-bond acceptors (Lipinski definition) is 2. The Labute approximate surface area is 125 Å². The summed E-state index contributed by atoms with van der Waals surface area (Å²) >= 11 is 0. The van der Waals surface area contributed by atoms with E-state index in [1.165, 1.54) is 5.56 Å². The van der Waals surface area contributed by atoms with Gasteiger partial charge in [-0.05, 0) is 49.1 Å². The number of ether oxygens (including phenoxy) is 1. The molecule has 0 aliphatic heterocycles. The maximum atomic E-state index is 10.4. The summed E-state index contributed by atoms with van der Waals surface area (Å²) in [5.74, 6) is 0.951. The van der Waals surface area contributed by atoms with Crippen LogP contribution in [0, 0.1) is 0 Å². The van der Waals surface area contributed by atoms with Crippen LogP contribution in [0.5, 0.6) is 11.5 Å². The van der Waals surface area contributed by atoms with E-state index in [-0.39, 0.29) is 6.42 Å². The molecule has 0 heterocycles. The highest BCUT2D eigenvalue weighted by atomic mass is 16.5. The number of unbranched alkanes of at least 4 members (excludes halogenated alkanes) is 2. The molecule has 0 saturated carbocycles. The lowest BCUT2D eigenvalue weighted by atomic mass is 10.1.